The molecular formula is C11H15NO5. The van der Waals surface area contributed by atoms with E-state index in [0.29, 0.717) is 0 Å². The Labute approximate surface area is 98.9 Å². The van der Waals surface area contributed by atoms with Gasteiger partial charge < -0.3 is 19.2 Å². The molecule has 1 rings (SSSR count). The molecule has 0 atom stereocenters. The molecule has 0 radical (unpaired) electrons. The molecule has 1 N–H and O–H groups in total. The molecule has 0 aliphatic rings. The Bertz CT molecular complexity index is 421. The summed E-state index contributed by atoms with van der Waals surface area (Å²) in [6.07, 6.45) is 1.22. The van der Waals surface area contributed by atoms with E-state index in [4.69, 9.17) is 4.74 Å². The van der Waals surface area contributed by atoms with Crippen LogP contribution in [0.3, 0.4) is 0 Å². The Kier molecular flexibility index (Phi) is 4.14. The van der Waals surface area contributed by atoms with Crippen LogP contribution >= 0.6 is 0 Å². The molecule has 0 spiro atoms. The van der Waals surface area contributed by atoms with Gasteiger partial charge in [0.05, 0.1) is 25.9 Å². The molecule has 6 heteroatoms. The summed E-state index contributed by atoms with van der Waals surface area (Å²) in [6, 6.07) is 0. The zero-order chi connectivity index (χ0) is 13.0. The van der Waals surface area contributed by atoms with Crippen LogP contribution < -0.4 is 4.74 Å². The monoisotopic (exact) mass is 241 g/mol. The number of hydrogen-bond donors (Lipinski definition) is 1. The molecule has 0 aliphatic carbocycles. The third kappa shape index (κ3) is 2.77. The number of nitrogens with one attached hydrogen (secondary N) is 1. The minimum absolute atomic E-state index is 0.0491. The molecule has 1 aromatic heterocycles. The van der Waals surface area contributed by atoms with Crippen LogP contribution in [0, 0.1) is 0 Å². The molecule has 0 saturated heterocycles. The minimum Gasteiger partial charge on any atom is -0.476 e. The van der Waals surface area contributed by atoms with Gasteiger partial charge in [0.1, 0.15) is 5.56 Å². The minimum atomic E-state index is -0.651. The second-order valence-electron chi connectivity index (χ2n) is 3.56. The van der Waals surface area contributed by atoms with Gasteiger partial charge in [-0.3, -0.25) is 0 Å². The first-order valence-corrected chi connectivity index (χ1v) is 5.05. The molecule has 94 valence electrons. The quantitative estimate of drug-likeness (QED) is 0.805. The molecule has 0 unspecified atom stereocenters. The lowest BCUT2D eigenvalue weighted by molar-refractivity contribution is 0.0551. The molecular weight excluding hydrogens is 226 g/mol. The van der Waals surface area contributed by atoms with Crippen molar-refractivity contribution >= 4 is 11.9 Å². The van der Waals surface area contributed by atoms with E-state index in [2.05, 4.69) is 14.5 Å². The maximum atomic E-state index is 11.6. The summed E-state index contributed by atoms with van der Waals surface area (Å²) in [5.74, 6) is -1.07. The standard InChI is InChI=1S/C11H15NO5/c1-6(2)17-9-8(11(14)16-4)7(5-12-9)10(13)15-3/h5-6,12H,1-4H3. The highest BCUT2D eigenvalue weighted by molar-refractivity contribution is 6.04. The van der Waals surface area contributed by atoms with Gasteiger partial charge in [-0.2, -0.15) is 0 Å². The zero-order valence-electron chi connectivity index (χ0n) is 10.2. The fourth-order valence-electron chi connectivity index (χ4n) is 1.31. The predicted octanol–water partition coefficient (Wildman–Crippen LogP) is 1.38. The number of rotatable bonds is 4. The van der Waals surface area contributed by atoms with Crippen molar-refractivity contribution in [3.63, 3.8) is 0 Å². The van der Waals surface area contributed by atoms with Crippen molar-refractivity contribution in [3.8, 4) is 5.88 Å². The average molecular weight is 241 g/mol. The van der Waals surface area contributed by atoms with Gasteiger partial charge in [-0.1, -0.05) is 0 Å². The number of aromatic nitrogens is 1. The van der Waals surface area contributed by atoms with E-state index in [1.165, 1.54) is 20.4 Å². The highest BCUT2D eigenvalue weighted by Crippen LogP contribution is 2.24. The van der Waals surface area contributed by atoms with Gasteiger partial charge in [0.25, 0.3) is 0 Å². The van der Waals surface area contributed by atoms with Crippen LogP contribution in [0.4, 0.5) is 0 Å². The number of H-pyrrole nitrogens is 1. The van der Waals surface area contributed by atoms with Gasteiger partial charge in [0.2, 0.25) is 5.88 Å². The van der Waals surface area contributed by atoms with E-state index >= 15 is 0 Å². The van der Waals surface area contributed by atoms with Gasteiger partial charge in [0, 0.05) is 6.20 Å². The average Bonchev–Trinajstić information content (AvgIpc) is 2.69. The first kappa shape index (κ1) is 13.1. The molecule has 0 bridgehead atoms. The normalized spacial score (nSPS) is 10.2. The van der Waals surface area contributed by atoms with Crippen LogP contribution in [0.1, 0.15) is 34.6 Å². The second-order valence-corrected chi connectivity index (χ2v) is 3.56. The van der Waals surface area contributed by atoms with Crippen molar-refractivity contribution in [1.29, 1.82) is 0 Å². The molecule has 6 nitrogen and oxygen atoms in total. The van der Waals surface area contributed by atoms with Crippen molar-refractivity contribution in [2.24, 2.45) is 0 Å². The lowest BCUT2D eigenvalue weighted by Gasteiger charge is -2.09. The Morgan fingerprint density at radius 2 is 1.76 bits per heavy atom. The smallest absolute Gasteiger partial charge is 0.344 e. The largest absolute Gasteiger partial charge is 0.476 e. The van der Waals surface area contributed by atoms with Crippen molar-refractivity contribution in [2.75, 3.05) is 14.2 Å². The summed E-state index contributed by atoms with van der Waals surface area (Å²) in [4.78, 5) is 25.7. The molecule has 1 heterocycles. The summed E-state index contributed by atoms with van der Waals surface area (Å²) in [5, 5.41) is 0. The summed E-state index contributed by atoms with van der Waals surface area (Å²) in [7, 11) is 2.47. The maximum Gasteiger partial charge on any atom is 0.344 e. The summed E-state index contributed by atoms with van der Waals surface area (Å²) in [5.41, 5.74) is 0.142. The van der Waals surface area contributed by atoms with Gasteiger partial charge in [-0.25, -0.2) is 9.59 Å². The fraction of sp³-hybridized carbons (Fsp3) is 0.455. The van der Waals surface area contributed by atoms with E-state index < -0.39 is 11.9 Å². The molecule has 0 aromatic carbocycles. The number of carbonyl (C=O) groups excluding carboxylic acids is 2. The van der Waals surface area contributed by atoms with Crippen LogP contribution in [0.15, 0.2) is 6.20 Å². The van der Waals surface area contributed by atoms with E-state index in [1.54, 1.807) is 13.8 Å². The molecule has 1 aromatic rings. The highest BCUT2D eigenvalue weighted by Gasteiger charge is 2.26. The van der Waals surface area contributed by atoms with Crippen LogP contribution in [-0.4, -0.2) is 37.2 Å². The number of methoxy groups -OCH3 is 2. The van der Waals surface area contributed by atoms with E-state index in [9.17, 15) is 9.59 Å². The zero-order valence-corrected chi connectivity index (χ0v) is 10.2. The lowest BCUT2D eigenvalue weighted by atomic mass is 10.2. The summed E-state index contributed by atoms with van der Waals surface area (Å²) >= 11 is 0. The van der Waals surface area contributed by atoms with Gasteiger partial charge in [0.15, 0.2) is 0 Å². The third-order valence-electron chi connectivity index (χ3n) is 1.99. The number of aromatic amines is 1. The van der Waals surface area contributed by atoms with Crippen molar-refractivity contribution in [3.05, 3.63) is 17.3 Å². The topological polar surface area (TPSA) is 77.6 Å². The second kappa shape index (κ2) is 5.38. The van der Waals surface area contributed by atoms with Crippen molar-refractivity contribution < 1.29 is 23.8 Å². The summed E-state index contributed by atoms with van der Waals surface area (Å²) < 4.78 is 14.6. The Morgan fingerprint density at radius 3 is 2.24 bits per heavy atom. The Balaban J connectivity index is 3.19. The van der Waals surface area contributed by atoms with Gasteiger partial charge in [-0.15, -0.1) is 0 Å². The van der Waals surface area contributed by atoms with Gasteiger partial charge in [-0.05, 0) is 13.8 Å². The van der Waals surface area contributed by atoms with Crippen molar-refractivity contribution in [2.45, 2.75) is 20.0 Å². The van der Waals surface area contributed by atoms with Crippen LogP contribution in [0.2, 0.25) is 0 Å². The SMILES string of the molecule is COC(=O)c1c[nH]c(OC(C)C)c1C(=O)OC. The number of carbonyl (C=O) groups is 2. The first-order chi connectivity index (χ1) is 8.01. The summed E-state index contributed by atoms with van der Waals surface area (Å²) in [6.45, 7) is 3.61. The number of ether oxygens (including phenoxy) is 3. The number of hydrogen-bond acceptors (Lipinski definition) is 5. The van der Waals surface area contributed by atoms with Crippen LogP contribution in [0.5, 0.6) is 5.88 Å². The van der Waals surface area contributed by atoms with Crippen LogP contribution in [0.25, 0.3) is 0 Å². The molecule has 0 saturated carbocycles. The van der Waals surface area contributed by atoms with E-state index in [0.717, 1.165) is 0 Å². The lowest BCUT2D eigenvalue weighted by Crippen LogP contribution is -2.13. The Morgan fingerprint density at radius 1 is 1.18 bits per heavy atom. The maximum absolute atomic E-state index is 11.6. The molecule has 0 amide bonds. The third-order valence-corrected chi connectivity index (χ3v) is 1.99. The first-order valence-electron chi connectivity index (χ1n) is 5.05. The van der Waals surface area contributed by atoms with Crippen LogP contribution in [-0.2, 0) is 9.47 Å². The Hall–Kier alpha value is -1.98. The van der Waals surface area contributed by atoms with Gasteiger partial charge >= 0.3 is 11.9 Å². The highest BCUT2D eigenvalue weighted by atomic mass is 16.5. The van der Waals surface area contributed by atoms with E-state index in [-0.39, 0.29) is 23.1 Å². The molecule has 17 heavy (non-hydrogen) atoms. The molecule has 0 fully saturated rings. The number of esters is 2. The van der Waals surface area contributed by atoms with E-state index in [1.807, 2.05) is 0 Å². The molecule has 0 aliphatic heterocycles. The van der Waals surface area contributed by atoms with Crippen molar-refractivity contribution in [1.82, 2.24) is 4.98 Å². The predicted molar refractivity (Wildman–Crippen MR) is 59.2 cm³/mol. The fourth-order valence-corrected chi connectivity index (χ4v) is 1.31.